The molecule has 0 fully saturated rings. The van der Waals surface area contributed by atoms with Gasteiger partial charge in [0.2, 0.25) is 11.8 Å². The molecule has 1 aliphatic carbocycles. The molecule has 3 atom stereocenters. The van der Waals surface area contributed by atoms with Crippen molar-refractivity contribution in [1.82, 2.24) is 25.8 Å². The minimum atomic E-state index is -0.960. The van der Waals surface area contributed by atoms with Gasteiger partial charge in [-0.05, 0) is 99.2 Å². The number of amides is 7. The van der Waals surface area contributed by atoms with E-state index in [1.165, 1.54) is 16.7 Å². The van der Waals surface area contributed by atoms with Crippen molar-refractivity contribution in [3.8, 4) is 11.1 Å². The van der Waals surface area contributed by atoms with Crippen LogP contribution in [0.3, 0.4) is 0 Å². The van der Waals surface area contributed by atoms with Gasteiger partial charge in [0.1, 0.15) is 24.6 Å². The first-order valence-corrected chi connectivity index (χ1v) is 24.3. The summed E-state index contributed by atoms with van der Waals surface area (Å²) >= 11 is 0. The number of primary amides is 1. The van der Waals surface area contributed by atoms with E-state index in [0.29, 0.717) is 43.5 Å². The van der Waals surface area contributed by atoms with E-state index < -0.39 is 59.6 Å². The molecule has 7 amide bonds. The molecule has 3 aromatic carbocycles. The molecule has 0 radical (unpaired) electrons. The van der Waals surface area contributed by atoms with Gasteiger partial charge in [0.05, 0.1) is 6.04 Å². The Balaban J connectivity index is 1.27. The summed E-state index contributed by atoms with van der Waals surface area (Å²) in [6.07, 6.45) is 0.00956. The molecular weight excluding hydrogens is 911 g/mol. The van der Waals surface area contributed by atoms with E-state index in [4.69, 9.17) is 19.9 Å². The number of hydrogen-bond acceptors (Lipinski definition) is 11. The van der Waals surface area contributed by atoms with Gasteiger partial charge < -0.3 is 55.8 Å². The molecule has 0 unspecified atom stereocenters. The van der Waals surface area contributed by atoms with Crippen molar-refractivity contribution >= 4 is 53.4 Å². The van der Waals surface area contributed by atoms with E-state index in [-0.39, 0.29) is 75.5 Å². The fourth-order valence-electron chi connectivity index (χ4n) is 8.18. The smallest absolute Gasteiger partial charge is 0.410 e. The molecule has 6 N–H and O–H groups in total. The molecule has 18 nitrogen and oxygen atoms in total. The van der Waals surface area contributed by atoms with E-state index in [1.54, 1.807) is 73.0 Å². The average Bonchev–Trinajstić information content (AvgIpc) is 3.63. The second-order valence-electron chi connectivity index (χ2n) is 19.4. The first-order chi connectivity index (χ1) is 33.6. The van der Waals surface area contributed by atoms with Crippen LogP contribution in [0.4, 0.5) is 24.9 Å². The summed E-state index contributed by atoms with van der Waals surface area (Å²) in [5.74, 6) is -3.46. The van der Waals surface area contributed by atoms with Crippen molar-refractivity contribution in [1.29, 1.82) is 0 Å². The highest BCUT2D eigenvalue weighted by Crippen LogP contribution is 2.44. The Morgan fingerprint density at radius 1 is 0.690 bits per heavy atom. The number of ether oxygens (including phenoxy) is 3. The third-order valence-corrected chi connectivity index (χ3v) is 12.0. The summed E-state index contributed by atoms with van der Waals surface area (Å²) in [6.45, 7) is 11.3. The highest BCUT2D eigenvalue weighted by molar-refractivity contribution is 5.98. The number of hydrogen-bond donors (Lipinski definition) is 5. The summed E-state index contributed by atoms with van der Waals surface area (Å²) in [6, 6.07) is 21.1. The number of nitrogens with one attached hydrogen (secondary N) is 4. The lowest BCUT2D eigenvalue weighted by Crippen LogP contribution is -2.48. The van der Waals surface area contributed by atoms with E-state index in [2.05, 4.69) is 45.5 Å². The first-order valence-electron chi connectivity index (χ1n) is 24.3. The van der Waals surface area contributed by atoms with Crippen LogP contribution in [0.2, 0.25) is 0 Å². The van der Waals surface area contributed by atoms with E-state index in [1.807, 2.05) is 24.3 Å². The third-order valence-electron chi connectivity index (χ3n) is 12.0. The zero-order valence-electron chi connectivity index (χ0n) is 42.5. The number of anilines is 1. The summed E-state index contributed by atoms with van der Waals surface area (Å²) in [7, 11) is 3.13. The van der Waals surface area contributed by atoms with Gasteiger partial charge in [0.15, 0.2) is 5.78 Å². The number of Topliss-reactive ketones (excluding diaryl/α,β-unsaturated/α-hetero) is 2. The summed E-state index contributed by atoms with van der Waals surface area (Å²) in [5.41, 5.74) is 10.2. The monoisotopic (exact) mass is 984 g/mol. The number of carbonyl (C=O) groups is 8. The molecule has 0 saturated carbocycles. The van der Waals surface area contributed by atoms with Crippen LogP contribution in [0.5, 0.6) is 0 Å². The molecule has 0 aromatic heterocycles. The number of benzene rings is 3. The maximum Gasteiger partial charge on any atom is 0.410 e. The number of carbonyl (C=O) groups excluding carboxylic acids is 8. The minimum Gasteiger partial charge on any atom is -0.449 e. The highest BCUT2D eigenvalue weighted by Gasteiger charge is 2.32. The molecule has 1 aliphatic rings. The Morgan fingerprint density at radius 2 is 1.25 bits per heavy atom. The lowest BCUT2D eigenvalue weighted by atomic mass is 9.88. The fourth-order valence-corrected chi connectivity index (χ4v) is 8.18. The first kappa shape index (κ1) is 56.6. The molecule has 71 heavy (non-hydrogen) atoms. The Bertz CT molecular complexity index is 2270. The van der Waals surface area contributed by atoms with Crippen molar-refractivity contribution in [2.45, 2.75) is 111 Å². The van der Waals surface area contributed by atoms with Crippen LogP contribution >= 0.6 is 0 Å². The van der Waals surface area contributed by atoms with Crippen molar-refractivity contribution < 1.29 is 52.6 Å². The summed E-state index contributed by atoms with van der Waals surface area (Å²) < 4.78 is 16.4. The Labute approximate surface area is 417 Å². The van der Waals surface area contributed by atoms with Crippen LogP contribution < -0.4 is 27.0 Å². The van der Waals surface area contributed by atoms with Crippen LogP contribution in [0.1, 0.15) is 109 Å². The second kappa shape index (κ2) is 27.4. The van der Waals surface area contributed by atoms with Crippen molar-refractivity contribution in [3.05, 3.63) is 89.5 Å². The lowest BCUT2D eigenvalue weighted by molar-refractivity contribution is -0.134. The highest BCUT2D eigenvalue weighted by atomic mass is 16.6. The quantitative estimate of drug-likeness (QED) is 0.0389. The minimum absolute atomic E-state index is 0.0317. The molecule has 0 spiro atoms. The predicted molar refractivity (Wildman–Crippen MR) is 269 cm³/mol. The fraction of sp³-hybridized carbons (Fsp3) is 0.509. The Morgan fingerprint density at radius 3 is 1.83 bits per heavy atom. The molecular formula is C53H73N7O11. The van der Waals surface area contributed by atoms with Crippen molar-refractivity contribution in [3.63, 3.8) is 0 Å². The van der Waals surface area contributed by atoms with Crippen LogP contribution in [-0.4, -0.2) is 116 Å². The normalized spacial score (nSPS) is 13.1. The maximum atomic E-state index is 14.0. The Kier molecular flexibility index (Phi) is 21.9. The second-order valence-corrected chi connectivity index (χ2v) is 19.4. The van der Waals surface area contributed by atoms with Crippen LogP contribution in [0.25, 0.3) is 11.1 Å². The largest absolute Gasteiger partial charge is 0.449 e. The molecule has 386 valence electrons. The van der Waals surface area contributed by atoms with Gasteiger partial charge in [-0.2, -0.15) is 0 Å². The maximum absolute atomic E-state index is 14.0. The number of urea groups is 1. The number of likely N-dealkylation sites (N-methyl/N-ethyl adjacent to an activating group) is 2. The van der Waals surface area contributed by atoms with E-state index in [0.717, 1.165) is 22.3 Å². The van der Waals surface area contributed by atoms with Gasteiger partial charge in [0.25, 0.3) is 0 Å². The number of fused-ring (bicyclic) bond motifs is 3. The zero-order valence-corrected chi connectivity index (χ0v) is 42.5. The standard InChI is InChI=1S/C53H73N7O11/c1-34(2)46(58-48(64)37(30-35(3)61)16-13-14-26-56-50(66)69-33-44-42-20-11-9-18-40(42)41-19-10-12-21-43(41)44)45(62)31-38(17-15-27-55-49(54)65)47(63)57-39-24-22-36(23-25-39)32-70-51(67)59(7)28-29-60(8)52(68)71-53(4,5)6/h9-12,18-25,34,37-38,44,46H,13-17,26-33H2,1-8H3,(H,56,66)(H,57,63)(H,58,64)(H3,54,55,65)/t37-,38-,46+/m1/s1. The van der Waals surface area contributed by atoms with Gasteiger partial charge in [-0.25, -0.2) is 19.2 Å². The molecule has 0 aliphatic heterocycles. The van der Waals surface area contributed by atoms with E-state index in [9.17, 15) is 38.4 Å². The molecule has 0 heterocycles. The summed E-state index contributed by atoms with van der Waals surface area (Å²) in [5, 5.41) is 11.0. The van der Waals surface area contributed by atoms with E-state index >= 15 is 0 Å². The number of unbranched alkanes of at least 4 members (excludes halogenated alkanes) is 1. The van der Waals surface area contributed by atoms with Crippen LogP contribution in [-0.2, 0) is 40.0 Å². The van der Waals surface area contributed by atoms with Crippen LogP contribution in [0, 0.1) is 17.8 Å². The molecule has 0 saturated heterocycles. The zero-order chi connectivity index (χ0) is 52.3. The van der Waals surface area contributed by atoms with Gasteiger partial charge in [0, 0.05) is 76.6 Å². The number of ketones is 2. The molecule has 18 heteroatoms. The molecule has 0 bridgehead atoms. The number of nitrogens with zero attached hydrogens (tertiary/aromatic N) is 2. The molecule has 4 rings (SSSR count). The SMILES string of the molecule is CC(=O)C[C@@H](CCCCNC(=O)OCC1c2ccccc2-c2ccccc21)C(=O)N[C@H](C(=O)C[C@@H](CCCNC(N)=O)C(=O)Nc1ccc(COC(=O)N(C)CCN(C)C(=O)OC(C)(C)C)cc1)C(C)C. The number of alkyl carbamates (subject to hydrolysis) is 1. The Hall–Kier alpha value is -6.98. The van der Waals surface area contributed by atoms with Gasteiger partial charge in [-0.1, -0.05) is 80.9 Å². The predicted octanol–water partition coefficient (Wildman–Crippen LogP) is 7.53. The van der Waals surface area contributed by atoms with Crippen LogP contribution in [0.15, 0.2) is 72.8 Å². The summed E-state index contributed by atoms with van der Waals surface area (Å²) in [4.78, 5) is 106. The molecule has 3 aromatic rings. The topological polar surface area (TPSA) is 245 Å². The number of nitrogens with two attached hydrogens (primary N) is 1. The number of rotatable bonds is 26. The van der Waals surface area contributed by atoms with Gasteiger partial charge >= 0.3 is 24.3 Å². The lowest BCUT2D eigenvalue weighted by Gasteiger charge is -2.26. The van der Waals surface area contributed by atoms with Crippen molar-refractivity contribution in [2.24, 2.45) is 23.5 Å². The van der Waals surface area contributed by atoms with Crippen molar-refractivity contribution in [2.75, 3.05) is 52.2 Å². The van der Waals surface area contributed by atoms with Gasteiger partial charge in [-0.15, -0.1) is 0 Å². The average molecular weight is 984 g/mol. The third kappa shape index (κ3) is 18.7. The van der Waals surface area contributed by atoms with Gasteiger partial charge in [-0.3, -0.25) is 14.4 Å².